The number of non-ortho nitro benzene ring substituents is 1. The summed E-state index contributed by atoms with van der Waals surface area (Å²) in [5, 5.41) is 10.4. The van der Waals surface area contributed by atoms with Gasteiger partial charge in [-0.05, 0) is 24.5 Å². The van der Waals surface area contributed by atoms with Crippen molar-refractivity contribution in [3.8, 4) is 0 Å². The average molecular weight is 164 g/mol. The minimum atomic E-state index is -0.395. The van der Waals surface area contributed by atoms with E-state index in [1.54, 1.807) is 6.07 Å². The summed E-state index contributed by atoms with van der Waals surface area (Å²) in [5.41, 5.74) is 1.77. The van der Waals surface area contributed by atoms with Gasteiger partial charge in [-0.15, -0.1) is 0 Å². The highest BCUT2D eigenvalue weighted by molar-refractivity contribution is 5.40. The van der Waals surface area contributed by atoms with Crippen LogP contribution < -0.4 is 0 Å². The molecule has 1 rings (SSSR count). The summed E-state index contributed by atoms with van der Waals surface area (Å²) in [7, 11) is 0. The third-order valence-corrected chi connectivity index (χ3v) is 1.66. The number of hydrogen-bond acceptors (Lipinski definition) is 2. The molecule has 1 radical (unpaired) electrons. The van der Waals surface area contributed by atoms with Gasteiger partial charge < -0.3 is 0 Å². The highest BCUT2D eigenvalue weighted by Gasteiger charge is 2.06. The van der Waals surface area contributed by atoms with Crippen molar-refractivity contribution in [2.75, 3.05) is 0 Å². The molecule has 0 heterocycles. The Balaban J connectivity index is 3.15. The molecular formula is C9H10NO2. The van der Waals surface area contributed by atoms with Gasteiger partial charge in [-0.1, -0.05) is 13.0 Å². The van der Waals surface area contributed by atoms with E-state index >= 15 is 0 Å². The number of nitro benzene ring substituents is 1. The van der Waals surface area contributed by atoms with Gasteiger partial charge in [0.25, 0.3) is 5.69 Å². The van der Waals surface area contributed by atoms with Crippen LogP contribution in [0.25, 0.3) is 0 Å². The van der Waals surface area contributed by atoms with Gasteiger partial charge >= 0.3 is 0 Å². The van der Waals surface area contributed by atoms with E-state index in [4.69, 9.17) is 0 Å². The van der Waals surface area contributed by atoms with E-state index in [1.165, 1.54) is 6.07 Å². The minimum absolute atomic E-state index is 0.124. The maximum Gasteiger partial charge on any atom is 0.269 e. The molecular weight excluding hydrogens is 154 g/mol. The van der Waals surface area contributed by atoms with Crippen LogP contribution in [0, 0.1) is 17.0 Å². The molecule has 0 amide bonds. The standard InChI is InChI=1S/C9H10NO2/c1-3-8-4-7(2)5-9(6-8)10(11)12/h4-6H,2-3H2,1H3. The maximum absolute atomic E-state index is 10.4. The molecule has 0 atom stereocenters. The fraction of sp³-hybridized carbons (Fsp3) is 0.222. The Morgan fingerprint density at radius 2 is 2.17 bits per heavy atom. The Hall–Kier alpha value is -1.38. The van der Waals surface area contributed by atoms with Crippen LogP contribution in [0.3, 0.4) is 0 Å². The van der Waals surface area contributed by atoms with Crippen LogP contribution in [-0.2, 0) is 6.42 Å². The van der Waals surface area contributed by atoms with E-state index < -0.39 is 4.92 Å². The van der Waals surface area contributed by atoms with Crippen LogP contribution in [0.4, 0.5) is 5.69 Å². The number of aryl methyl sites for hydroxylation is 1. The Morgan fingerprint density at radius 3 is 2.67 bits per heavy atom. The van der Waals surface area contributed by atoms with Crippen molar-refractivity contribution in [1.82, 2.24) is 0 Å². The van der Waals surface area contributed by atoms with E-state index in [-0.39, 0.29) is 5.69 Å². The predicted molar refractivity (Wildman–Crippen MR) is 46.9 cm³/mol. The molecule has 0 aliphatic rings. The van der Waals surface area contributed by atoms with Crippen molar-refractivity contribution >= 4 is 5.69 Å². The van der Waals surface area contributed by atoms with Crippen molar-refractivity contribution in [1.29, 1.82) is 0 Å². The molecule has 3 heteroatoms. The van der Waals surface area contributed by atoms with Gasteiger partial charge in [0.1, 0.15) is 0 Å². The van der Waals surface area contributed by atoms with Gasteiger partial charge in [-0.25, -0.2) is 0 Å². The van der Waals surface area contributed by atoms with E-state index in [0.29, 0.717) is 5.56 Å². The molecule has 0 aromatic heterocycles. The van der Waals surface area contributed by atoms with E-state index in [2.05, 4.69) is 6.92 Å². The highest BCUT2D eigenvalue weighted by atomic mass is 16.6. The monoisotopic (exact) mass is 164 g/mol. The Bertz CT molecular complexity index is 307. The first-order valence-corrected chi connectivity index (χ1v) is 3.74. The van der Waals surface area contributed by atoms with Crippen LogP contribution in [0.1, 0.15) is 18.1 Å². The SMILES string of the molecule is [CH2]c1cc(CC)cc([N+](=O)[O-])c1. The Kier molecular flexibility index (Phi) is 2.43. The van der Waals surface area contributed by atoms with Gasteiger partial charge in [0.15, 0.2) is 0 Å². The lowest BCUT2D eigenvalue weighted by molar-refractivity contribution is -0.384. The summed E-state index contributed by atoms with van der Waals surface area (Å²) in [6.07, 6.45) is 0.796. The third kappa shape index (κ3) is 1.81. The molecule has 63 valence electrons. The summed E-state index contributed by atoms with van der Waals surface area (Å²) in [6, 6.07) is 4.90. The van der Waals surface area contributed by atoms with Gasteiger partial charge in [0.05, 0.1) is 4.92 Å². The lowest BCUT2D eigenvalue weighted by Gasteiger charge is -1.98. The molecule has 12 heavy (non-hydrogen) atoms. The molecule has 0 saturated carbocycles. The number of hydrogen-bond donors (Lipinski definition) is 0. The normalized spacial score (nSPS) is 9.83. The molecule has 0 N–H and O–H groups in total. The fourth-order valence-corrected chi connectivity index (χ4v) is 1.05. The largest absolute Gasteiger partial charge is 0.269 e. The molecule has 0 aliphatic carbocycles. The van der Waals surface area contributed by atoms with E-state index in [9.17, 15) is 10.1 Å². The zero-order valence-electron chi connectivity index (χ0n) is 6.91. The summed E-state index contributed by atoms with van der Waals surface area (Å²) in [4.78, 5) is 10.0. The molecule has 1 aromatic rings. The number of rotatable bonds is 2. The molecule has 1 aromatic carbocycles. The zero-order chi connectivity index (χ0) is 9.14. The smallest absolute Gasteiger partial charge is 0.258 e. The van der Waals surface area contributed by atoms with Crippen LogP contribution in [-0.4, -0.2) is 4.92 Å². The van der Waals surface area contributed by atoms with Gasteiger partial charge in [0, 0.05) is 12.1 Å². The number of nitrogens with zero attached hydrogens (tertiary/aromatic N) is 1. The second-order valence-corrected chi connectivity index (χ2v) is 2.62. The third-order valence-electron chi connectivity index (χ3n) is 1.66. The van der Waals surface area contributed by atoms with Crippen LogP contribution >= 0.6 is 0 Å². The fourth-order valence-electron chi connectivity index (χ4n) is 1.05. The molecule has 3 nitrogen and oxygen atoms in total. The van der Waals surface area contributed by atoms with Crippen molar-refractivity contribution in [3.63, 3.8) is 0 Å². The van der Waals surface area contributed by atoms with E-state index in [0.717, 1.165) is 12.0 Å². The second kappa shape index (κ2) is 3.34. The average Bonchev–Trinajstić information content (AvgIpc) is 2.03. The quantitative estimate of drug-likeness (QED) is 0.497. The van der Waals surface area contributed by atoms with Crippen LogP contribution in [0.2, 0.25) is 0 Å². The Labute approximate surface area is 71.2 Å². The maximum atomic E-state index is 10.4. The van der Waals surface area contributed by atoms with Gasteiger partial charge in [-0.2, -0.15) is 0 Å². The van der Waals surface area contributed by atoms with Gasteiger partial charge in [-0.3, -0.25) is 10.1 Å². The summed E-state index contributed by atoms with van der Waals surface area (Å²) < 4.78 is 0. The predicted octanol–water partition coefficient (Wildman–Crippen LogP) is 2.34. The van der Waals surface area contributed by atoms with Crippen molar-refractivity contribution < 1.29 is 4.92 Å². The lowest BCUT2D eigenvalue weighted by atomic mass is 10.1. The second-order valence-electron chi connectivity index (χ2n) is 2.62. The first kappa shape index (κ1) is 8.71. The topological polar surface area (TPSA) is 43.1 Å². The molecule has 0 aliphatic heterocycles. The summed E-state index contributed by atoms with van der Waals surface area (Å²) in [6.45, 7) is 5.62. The Morgan fingerprint density at radius 1 is 1.50 bits per heavy atom. The van der Waals surface area contributed by atoms with Crippen LogP contribution in [0.5, 0.6) is 0 Å². The van der Waals surface area contributed by atoms with Crippen molar-refractivity contribution in [2.45, 2.75) is 13.3 Å². The molecule has 0 unspecified atom stereocenters. The molecule has 0 spiro atoms. The minimum Gasteiger partial charge on any atom is -0.258 e. The summed E-state index contributed by atoms with van der Waals surface area (Å²) in [5.74, 6) is 0. The first-order chi connectivity index (χ1) is 5.63. The van der Waals surface area contributed by atoms with Gasteiger partial charge in [0.2, 0.25) is 0 Å². The molecule has 0 fully saturated rings. The van der Waals surface area contributed by atoms with Crippen molar-refractivity contribution in [2.24, 2.45) is 0 Å². The summed E-state index contributed by atoms with van der Waals surface area (Å²) >= 11 is 0. The molecule has 0 saturated heterocycles. The molecule has 0 bridgehead atoms. The van der Waals surface area contributed by atoms with Crippen LogP contribution in [0.15, 0.2) is 18.2 Å². The highest BCUT2D eigenvalue weighted by Crippen LogP contribution is 2.16. The number of nitro groups is 1. The zero-order valence-corrected chi connectivity index (χ0v) is 6.91. The van der Waals surface area contributed by atoms with E-state index in [1.807, 2.05) is 13.0 Å². The van der Waals surface area contributed by atoms with Crippen molar-refractivity contribution in [3.05, 3.63) is 46.4 Å². The first-order valence-electron chi connectivity index (χ1n) is 3.74. The lowest BCUT2D eigenvalue weighted by Crippen LogP contribution is -1.91. The number of benzene rings is 1.